The quantitative estimate of drug-likeness (QED) is 0.367. The zero-order chi connectivity index (χ0) is 9.03. The van der Waals surface area contributed by atoms with Crippen LogP contribution in [-0.2, 0) is 4.74 Å². The van der Waals surface area contributed by atoms with E-state index in [4.69, 9.17) is 10.6 Å². The Labute approximate surface area is 73.9 Å². The van der Waals surface area contributed by atoms with Crippen molar-refractivity contribution < 1.29 is 4.74 Å². The molecule has 0 spiro atoms. The maximum absolute atomic E-state index is 5.46. The van der Waals surface area contributed by atoms with Crippen molar-refractivity contribution in [1.82, 2.24) is 5.43 Å². The van der Waals surface area contributed by atoms with Crippen LogP contribution in [0.5, 0.6) is 0 Å². The van der Waals surface area contributed by atoms with Crippen molar-refractivity contribution in [3.05, 3.63) is 12.7 Å². The summed E-state index contributed by atoms with van der Waals surface area (Å²) in [5, 5.41) is 0. The molecule has 3 N–H and O–H groups in total. The first kappa shape index (κ1) is 9.71. The first-order valence-corrected chi connectivity index (χ1v) is 4.40. The molecule has 1 atom stereocenters. The second-order valence-electron chi connectivity index (χ2n) is 3.45. The molecule has 3 heteroatoms. The second kappa shape index (κ2) is 4.03. The molecule has 0 saturated heterocycles. The van der Waals surface area contributed by atoms with Crippen LogP contribution < -0.4 is 11.3 Å². The molecular weight excluding hydrogens is 152 g/mol. The molecule has 1 aliphatic rings. The van der Waals surface area contributed by atoms with Crippen LogP contribution in [0.2, 0.25) is 0 Å². The Kier molecular flexibility index (Phi) is 3.26. The number of ether oxygens (including phenoxy) is 1. The molecule has 1 unspecified atom stereocenters. The Morgan fingerprint density at radius 2 is 2.42 bits per heavy atom. The van der Waals surface area contributed by atoms with E-state index in [1.807, 2.05) is 6.08 Å². The van der Waals surface area contributed by atoms with Crippen molar-refractivity contribution in [3.63, 3.8) is 0 Å². The van der Waals surface area contributed by atoms with Crippen LogP contribution in [0.3, 0.4) is 0 Å². The van der Waals surface area contributed by atoms with Gasteiger partial charge in [0, 0.05) is 13.2 Å². The summed E-state index contributed by atoms with van der Waals surface area (Å²) in [6.45, 7) is 3.71. The molecule has 0 aromatic heterocycles. The number of nitrogens with one attached hydrogen (secondary N) is 1. The van der Waals surface area contributed by atoms with E-state index < -0.39 is 0 Å². The molecule has 3 nitrogen and oxygen atoms in total. The van der Waals surface area contributed by atoms with E-state index in [1.54, 1.807) is 7.11 Å². The van der Waals surface area contributed by atoms with E-state index in [0.29, 0.717) is 0 Å². The van der Waals surface area contributed by atoms with Gasteiger partial charge in [-0.2, -0.15) is 0 Å². The lowest BCUT2D eigenvalue weighted by atomic mass is 9.76. The fraction of sp³-hybridized carbons (Fsp3) is 0.778. The number of hydrazine groups is 1. The maximum atomic E-state index is 5.46. The largest absolute Gasteiger partial charge is 0.378 e. The van der Waals surface area contributed by atoms with Crippen LogP contribution in [0, 0.1) is 0 Å². The number of hydrogen-bond donors (Lipinski definition) is 2. The highest BCUT2D eigenvalue weighted by Gasteiger charge is 2.38. The Hall–Kier alpha value is -0.380. The Morgan fingerprint density at radius 1 is 1.75 bits per heavy atom. The monoisotopic (exact) mass is 170 g/mol. The summed E-state index contributed by atoms with van der Waals surface area (Å²) in [6.07, 6.45) is 6.33. The minimum absolute atomic E-state index is 0.0746. The highest BCUT2D eigenvalue weighted by molar-refractivity contribution is 4.97. The van der Waals surface area contributed by atoms with E-state index in [2.05, 4.69) is 12.0 Å². The predicted octanol–water partition coefficient (Wildman–Crippen LogP) is 0.964. The van der Waals surface area contributed by atoms with Gasteiger partial charge in [0.1, 0.15) is 0 Å². The van der Waals surface area contributed by atoms with Gasteiger partial charge in [-0.05, 0) is 25.7 Å². The smallest absolute Gasteiger partial charge is 0.0697 e. The summed E-state index contributed by atoms with van der Waals surface area (Å²) in [5.74, 6) is 5.35. The third-order valence-electron chi connectivity index (χ3n) is 2.79. The number of hydrogen-bond acceptors (Lipinski definition) is 3. The lowest BCUT2D eigenvalue weighted by Crippen LogP contribution is -2.46. The fourth-order valence-electron chi connectivity index (χ4n) is 1.67. The summed E-state index contributed by atoms with van der Waals surface area (Å²) in [7, 11) is 1.77. The first-order chi connectivity index (χ1) is 5.76. The summed E-state index contributed by atoms with van der Waals surface area (Å²) in [5.41, 5.74) is 2.79. The third kappa shape index (κ3) is 1.86. The molecule has 1 aliphatic carbocycles. The molecular formula is C9H18N2O. The molecule has 1 fully saturated rings. The number of rotatable bonds is 5. The van der Waals surface area contributed by atoms with Crippen LogP contribution in [0.1, 0.15) is 25.7 Å². The Morgan fingerprint density at radius 3 is 2.67 bits per heavy atom. The molecule has 0 radical (unpaired) electrons. The van der Waals surface area contributed by atoms with Gasteiger partial charge in [-0.3, -0.25) is 11.3 Å². The van der Waals surface area contributed by atoms with E-state index in [-0.39, 0.29) is 11.6 Å². The molecule has 0 amide bonds. The van der Waals surface area contributed by atoms with Crippen LogP contribution in [0.4, 0.5) is 0 Å². The van der Waals surface area contributed by atoms with Gasteiger partial charge in [0.05, 0.1) is 5.60 Å². The van der Waals surface area contributed by atoms with Crippen LogP contribution in [0.15, 0.2) is 12.7 Å². The van der Waals surface area contributed by atoms with Crippen molar-refractivity contribution in [3.8, 4) is 0 Å². The van der Waals surface area contributed by atoms with Crippen molar-refractivity contribution in [2.45, 2.75) is 37.3 Å². The standard InChI is InChI=1S/C9H18N2O/c1-3-8(11-10)7-9(12-2)5-4-6-9/h3,8,11H,1,4-7,10H2,2H3. The first-order valence-electron chi connectivity index (χ1n) is 4.40. The summed E-state index contributed by atoms with van der Waals surface area (Å²) < 4.78 is 5.46. The lowest BCUT2D eigenvalue weighted by Gasteiger charge is -2.42. The van der Waals surface area contributed by atoms with Crippen LogP contribution >= 0.6 is 0 Å². The molecule has 12 heavy (non-hydrogen) atoms. The molecule has 0 aliphatic heterocycles. The van der Waals surface area contributed by atoms with Gasteiger partial charge >= 0.3 is 0 Å². The van der Waals surface area contributed by atoms with E-state index in [0.717, 1.165) is 19.3 Å². The average molecular weight is 170 g/mol. The Balaban J connectivity index is 2.40. The van der Waals surface area contributed by atoms with Crippen molar-refractivity contribution in [2.75, 3.05) is 7.11 Å². The molecule has 0 aromatic carbocycles. The fourth-order valence-corrected chi connectivity index (χ4v) is 1.67. The van der Waals surface area contributed by atoms with Crippen molar-refractivity contribution in [2.24, 2.45) is 5.84 Å². The molecule has 0 bridgehead atoms. The minimum Gasteiger partial charge on any atom is -0.378 e. The molecule has 70 valence electrons. The Bertz CT molecular complexity index is 149. The average Bonchev–Trinajstić information content (AvgIpc) is 2.05. The highest BCUT2D eigenvalue weighted by atomic mass is 16.5. The van der Waals surface area contributed by atoms with Gasteiger partial charge in [-0.15, -0.1) is 6.58 Å². The summed E-state index contributed by atoms with van der Waals surface area (Å²) in [4.78, 5) is 0. The van der Waals surface area contributed by atoms with Crippen molar-refractivity contribution in [1.29, 1.82) is 0 Å². The van der Waals surface area contributed by atoms with Crippen LogP contribution in [-0.4, -0.2) is 18.8 Å². The SMILES string of the molecule is C=CC(CC1(OC)CCC1)NN. The van der Waals surface area contributed by atoms with E-state index in [1.165, 1.54) is 6.42 Å². The maximum Gasteiger partial charge on any atom is 0.0697 e. The van der Waals surface area contributed by atoms with Crippen LogP contribution in [0.25, 0.3) is 0 Å². The molecule has 1 rings (SSSR count). The lowest BCUT2D eigenvalue weighted by molar-refractivity contribution is -0.0808. The van der Waals surface area contributed by atoms with Crippen molar-refractivity contribution >= 4 is 0 Å². The summed E-state index contributed by atoms with van der Waals surface area (Å²) in [6, 6.07) is 0.172. The van der Waals surface area contributed by atoms with Gasteiger partial charge in [0.25, 0.3) is 0 Å². The third-order valence-corrected chi connectivity index (χ3v) is 2.79. The highest BCUT2D eigenvalue weighted by Crippen LogP contribution is 2.38. The van der Waals surface area contributed by atoms with Gasteiger partial charge < -0.3 is 4.74 Å². The number of nitrogens with two attached hydrogens (primary N) is 1. The van der Waals surface area contributed by atoms with Gasteiger partial charge in [0.2, 0.25) is 0 Å². The topological polar surface area (TPSA) is 47.3 Å². The minimum atomic E-state index is 0.0746. The van der Waals surface area contributed by atoms with E-state index >= 15 is 0 Å². The van der Waals surface area contributed by atoms with Gasteiger partial charge in [0.15, 0.2) is 0 Å². The predicted molar refractivity (Wildman–Crippen MR) is 49.5 cm³/mol. The molecule has 1 saturated carbocycles. The second-order valence-corrected chi connectivity index (χ2v) is 3.45. The van der Waals surface area contributed by atoms with E-state index in [9.17, 15) is 0 Å². The normalized spacial score (nSPS) is 22.8. The van der Waals surface area contributed by atoms with Gasteiger partial charge in [-0.1, -0.05) is 6.08 Å². The molecule has 0 heterocycles. The molecule has 0 aromatic rings. The zero-order valence-electron chi connectivity index (χ0n) is 7.68. The number of methoxy groups -OCH3 is 1. The van der Waals surface area contributed by atoms with Gasteiger partial charge in [-0.25, -0.2) is 0 Å². The summed E-state index contributed by atoms with van der Waals surface area (Å²) >= 11 is 0. The zero-order valence-corrected chi connectivity index (χ0v) is 7.68.